The van der Waals surface area contributed by atoms with Gasteiger partial charge in [0.25, 0.3) is 0 Å². The molecule has 0 bridgehead atoms. The summed E-state index contributed by atoms with van der Waals surface area (Å²) in [5, 5.41) is 8.97. The van der Waals surface area contributed by atoms with Gasteiger partial charge in [-0.1, -0.05) is 20.8 Å². The fourth-order valence-electron chi connectivity index (χ4n) is 2.55. The van der Waals surface area contributed by atoms with Crippen molar-refractivity contribution in [2.45, 2.75) is 33.2 Å². The number of nitrogens with zero attached hydrogens (tertiary/aromatic N) is 1. The third-order valence-corrected chi connectivity index (χ3v) is 3.48. The first-order valence-electron chi connectivity index (χ1n) is 6.43. The van der Waals surface area contributed by atoms with E-state index in [-0.39, 0.29) is 17.3 Å². The Kier molecular flexibility index (Phi) is 3.46. The number of benzene rings is 1. The molecule has 1 unspecified atom stereocenters. The molecule has 2 rings (SSSR count). The van der Waals surface area contributed by atoms with Gasteiger partial charge in [0.1, 0.15) is 0 Å². The van der Waals surface area contributed by atoms with E-state index in [0.29, 0.717) is 11.4 Å². The molecule has 0 aliphatic rings. The summed E-state index contributed by atoms with van der Waals surface area (Å²) < 4.78 is 1.73. The van der Waals surface area contributed by atoms with Crippen LogP contribution >= 0.6 is 0 Å². The molecule has 0 saturated carbocycles. The topological polar surface area (TPSA) is 75.1 Å². The first-order valence-corrected chi connectivity index (χ1v) is 6.43. The zero-order valence-electron chi connectivity index (χ0n) is 11.3. The van der Waals surface area contributed by atoms with E-state index >= 15 is 0 Å². The monoisotopic (exact) mass is 262 g/mol. The number of carboxylic acid groups (broad SMARTS) is 1. The number of aromatic nitrogens is 2. The van der Waals surface area contributed by atoms with Crippen molar-refractivity contribution in [3.63, 3.8) is 0 Å². The minimum Gasteiger partial charge on any atom is -0.478 e. The second kappa shape index (κ2) is 4.91. The molecule has 19 heavy (non-hydrogen) atoms. The van der Waals surface area contributed by atoms with E-state index in [2.05, 4.69) is 18.8 Å². The van der Waals surface area contributed by atoms with Crippen molar-refractivity contribution in [1.82, 2.24) is 9.55 Å². The van der Waals surface area contributed by atoms with Crippen LogP contribution in [0.4, 0.5) is 0 Å². The molecule has 0 radical (unpaired) electrons. The number of hydrogen-bond donors (Lipinski definition) is 2. The highest BCUT2D eigenvalue weighted by molar-refractivity contribution is 5.92. The first kappa shape index (κ1) is 13.4. The normalized spacial score (nSPS) is 13.1. The van der Waals surface area contributed by atoms with Crippen LogP contribution in [0.25, 0.3) is 11.0 Å². The average molecular weight is 262 g/mol. The van der Waals surface area contributed by atoms with Crippen molar-refractivity contribution in [3.8, 4) is 0 Å². The van der Waals surface area contributed by atoms with Gasteiger partial charge >= 0.3 is 11.7 Å². The van der Waals surface area contributed by atoms with E-state index in [9.17, 15) is 9.59 Å². The summed E-state index contributed by atoms with van der Waals surface area (Å²) in [7, 11) is 0. The fourth-order valence-corrected chi connectivity index (χ4v) is 2.55. The number of fused-ring (bicyclic) bond motifs is 1. The van der Waals surface area contributed by atoms with E-state index in [4.69, 9.17) is 5.11 Å². The maximum Gasteiger partial charge on any atom is 0.335 e. The summed E-state index contributed by atoms with van der Waals surface area (Å²) in [5.74, 6) is -0.660. The van der Waals surface area contributed by atoms with Crippen molar-refractivity contribution in [2.75, 3.05) is 0 Å². The molecular formula is C14H18N2O3. The Morgan fingerprint density at radius 1 is 1.42 bits per heavy atom. The van der Waals surface area contributed by atoms with Crippen molar-refractivity contribution in [1.29, 1.82) is 0 Å². The number of carboxylic acids is 1. The van der Waals surface area contributed by atoms with Crippen LogP contribution in [0.3, 0.4) is 0 Å². The van der Waals surface area contributed by atoms with Gasteiger partial charge in [-0.05, 0) is 30.5 Å². The number of hydrogen-bond acceptors (Lipinski definition) is 2. The minimum atomic E-state index is -0.994. The number of carbonyl (C=O) groups is 1. The molecule has 2 N–H and O–H groups in total. The van der Waals surface area contributed by atoms with E-state index in [0.717, 1.165) is 11.9 Å². The number of nitrogens with one attached hydrogen (secondary N) is 1. The number of H-pyrrole nitrogens is 1. The summed E-state index contributed by atoms with van der Waals surface area (Å²) in [6, 6.07) is 4.84. The molecule has 2 aromatic rings. The molecule has 1 atom stereocenters. The molecule has 0 amide bonds. The summed E-state index contributed by atoms with van der Waals surface area (Å²) in [6.45, 7) is 6.19. The SMILES string of the molecule is CCC(C(C)C)n1c(=O)[nH]c2cc(C(=O)O)ccc21. The van der Waals surface area contributed by atoms with Crippen LogP contribution in [0.5, 0.6) is 0 Å². The highest BCUT2D eigenvalue weighted by atomic mass is 16.4. The van der Waals surface area contributed by atoms with E-state index in [1.165, 1.54) is 12.1 Å². The predicted molar refractivity (Wildman–Crippen MR) is 73.7 cm³/mol. The van der Waals surface area contributed by atoms with Crippen LogP contribution in [0.2, 0.25) is 0 Å². The smallest absolute Gasteiger partial charge is 0.335 e. The van der Waals surface area contributed by atoms with Gasteiger partial charge in [-0.25, -0.2) is 9.59 Å². The van der Waals surface area contributed by atoms with Crippen LogP contribution in [0.1, 0.15) is 43.6 Å². The average Bonchev–Trinajstić information content (AvgIpc) is 2.66. The lowest BCUT2D eigenvalue weighted by Crippen LogP contribution is -2.25. The van der Waals surface area contributed by atoms with Gasteiger partial charge < -0.3 is 10.1 Å². The first-order chi connectivity index (χ1) is 8.95. The summed E-state index contributed by atoms with van der Waals surface area (Å²) in [4.78, 5) is 25.8. The van der Waals surface area contributed by atoms with Gasteiger partial charge in [-0.2, -0.15) is 0 Å². The van der Waals surface area contributed by atoms with Gasteiger partial charge in [0.05, 0.1) is 16.6 Å². The molecule has 0 spiro atoms. The van der Waals surface area contributed by atoms with Crippen molar-refractivity contribution in [3.05, 3.63) is 34.2 Å². The van der Waals surface area contributed by atoms with Gasteiger partial charge in [-0.15, -0.1) is 0 Å². The molecule has 0 fully saturated rings. The van der Waals surface area contributed by atoms with Crippen LogP contribution in [-0.4, -0.2) is 20.6 Å². The minimum absolute atomic E-state index is 0.108. The van der Waals surface area contributed by atoms with Gasteiger partial charge in [0, 0.05) is 6.04 Å². The quantitative estimate of drug-likeness (QED) is 0.889. The zero-order chi connectivity index (χ0) is 14.2. The Morgan fingerprint density at radius 3 is 2.63 bits per heavy atom. The largest absolute Gasteiger partial charge is 0.478 e. The second-order valence-corrected chi connectivity index (χ2v) is 5.06. The van der Waals surface area contributed by atoms with Crippen molar-refractivity contribution >= 4 is 17.0 Å². The highest BCUT2D eigenvalue weighted by Crippen LogP contribution is 2.24. The van der Waals surface area contributed by atoms with Crippen LogP contribution in [-0.2, 0) is 0 Å². The molecule has 1 aromatic carbocycles. The predicted octanol–water partition coefficient (Wildman–Crippen LogP) is 2.63. The molecule has 0 aliphatic carbocycles. The Morgan fingerprint density at radius 2 is 2.11 bits per heavy atom. The number of aromatic amines is 1. The second-order valence-electron chi connectivity index (χ2n) is 5.06. The maximum atomic E-state index is 12.1. The zero-order valence-corrected chi connectivity index (χ0v) is 11.3. The summed E-state index contributed by atoms with van der Waals surface area (Å²) in [6.07, 6.45) is 0.852. The fraction of sp³-hybridized carbons (Fsp3) is 0.429. The van der Waals surface area contributed by atoms with E-state index in [1.54, 1.807) is 10.6 Å². The summed E-state index contributed by atoms with van der Waals surface area (Å²) >= 11 is 0. The van der Waals surface area contributed by atoms with Crippen molar-refractivity contribution in [2.24, 2.45) is 5.92 Å². The lowest BCUT2D eigenvalue weighted by molar-refractivity contribution is 0.0697. The highest BCUT2D eigenvalue weighted by Gasteiger charge is 2.19. The maximum absolute atomic E-state index is 12.1. The molecule has 5 heteroatoms. The van der Waals surface area contributed by atoms with E-state index in [1.807, 2.05) is 6.92 Å². The molecule has 0 saturated heterocycles. The van der Waals surface area contributed by atoms with Gasteiger partial charge in [0.2, 0.25) is 0 Å². The molecule has 1 aromatic heterocycles. The Balaban J connectivity index is 2.66. The van der Waals surface area contributed by atoms with Crippen LogP contribution < -0.4 is 5.69 Å². The van der Waals surface area contributed by atoms with Gasteiger partial charge in [-0.3, -0.25) is 4.57 Å². The molecule has 1 heterocycles. The lowest BCUT2D eigenvalue weighted by Gasteiger charge is -2.20. The Labute approximate surface area is 110 Å². The van der Waals surface area contributed by atoms with Crippen LogP contribution in [0.15, 0.2) is 23.0 Å². The number of aromatic carboxylic acids is 1. The molecule has 5 nitrogen and oxygen atoms in total. The standard InChI is InChI=1S/C14H18N2O3/c1-4-11(8(2)3)16-12-6-5-9(13(17)18)7-10(12)15-14(16)19/h5-8,11H,4H2,1-3H3,(H,15,19)(H,17,18). The lowest BCUT2D eigenvalue weighted by atomic mass is 10.0. The Bertz CT molecular complexity index is 667. The third kappa shape index (κ3) is 2.28. The Hall–Kier alpha value is -2.04. The number of rotatable bonds is 4. The van der Waals surface area contributed by atoms with Crippen LogP contribution in [0, 0.1) is 5.92 Å². The number of imidazole rings is 1. The molecule has 102 valence electrons. The van der Waals surface area contributed by atoms with E-state index < -0.39 is 5.97 Å². The van der Waals surface area contributed by atoms with Gasteiger partial charge in [0.15, 0.2) is 0 Å². The van der Waals surface area contributed by atoms with Crippen molar-refractivity contribution < 1.29 is 9.90 Å². The third-order valence-electron chi connectivity index (χ3n) is 3.48. The summed E-state index contributed by atoms with van der Waals surface area (Å²) in [5.41, 5.74) is 1.33. The molecular weight excluding hydrogens is 244 g/mol. The molecule has 0 aliphatic heterocycles.